The third-order valence-electron chi connectivity index (χ3n) is 9.69. The summed E-state index contributed by atoms with van der Waals surface area (Å²) < 4.78 is 5.78. The Hall–Kier alpha value is -6.04. The molecule has 58 heavy (non-hydrogen) atoms. The van der Waals surface area contributed by atoms with Gasteiger partial charge in [0.05, 0.1) is 24.0 Å². The first-order valence-corrected chi connectivity index (χ1v) is 19.0. The van der Waals surface area contributed by atoms with Gasteiger partial charge in [0.2, 0.25) is 23.6 Å². The summed E-state index contributed by atoms with van der Waals surface area (Å²) in [5.74, 6) is -10.2. The number of carbonyl (C=O) groups is 7. The van der Waals surface area contributed by atoms with E-state index in [0.717, 1.165) is 11.1 Å². The van der Waals surface area contributed by atoms with Crippen molar-refractivity contribution in [2.24, 2.45) is 23.5 Å². The van der Waals surface area contributed by atoms with Gasteiger partial charge in [0.25, 0.3) is 5.91 Å². The van der Waals surface area contributed by atoms with Gasteiger partial charge in [-0.15, -0.1) is 0 Å². The number of aliphatic carboxylic acids is 2. The Kier molecular flexibility index (Phi) is 19.8. The molecule has 1 saturated heterocycles. The second-order valence-electron chi connectivity index (χ2n) is 14.2. The molecule has 1 heterocycles. The van der Waals surface area contributed by atoms with Crippen molar-refractivity contribution in [2.45, 2.75) is 97.0 Å². The summed E-state index contributed by atoms with van der Waals surface area (Å²) in [5, 5.41) is 42.3. The molecule has 1 aromatic carbocycles. The number of carboxylic acids is 2. The van der Waals surface area contributed by atoms with E-state index < -0.39 is 83.9 Å². The third-order valence-corrected chi connectivity index (χ3v) is 9.69. The van der Waals surface area contributed by atoms with Gasteiger partial charge in [0.1, 0.15) is 23.8 Å². The molecule has 1 aliphatic rings. The number of guanidine groups is 1. The smallest absolute Gasteiger partial charge is 0.327 e. The summed E-state index contributed by atoms with van der Waals surface area (Å²) in [6.07, 6.45) is 6.25. The normalized spacial score (nSPS) is 25.1. The summed E-state index contributed by atoms with van der Waals surface area (Å²) in [6, 6.07) is 4.10. The maximum atomic E-state index is 14.0. The van der Waals surface area contributed by atoms with E-state index in [9.17, 15) is 43.8 Å². The number of carboxylic acid groups (broad SMARTS) is 2. The fourth-order valence-corrected chi connectivity index (χ4v) is 6.11. The van der Waals surface area contributed by atoms with Crippen LogP contribution >= 0.6 is 0 Å². The SMILES string of the molecule is C/C=C1/NC(=O)CC[C@H](C(=O)O)NC(=O)[C@@H](C)[C@H](/C=C/C(C)=C/[C@H](C)[C@H](Cc2ccccc2)OC)NC(=O)[C@H](CCCNC(=N)N)NC(=O)[C@@H](C)[C@H](C(=O)O)NC1=O. The van der Waals surface area contributed by atoms with Crippen LogP contribution in [0.25, 0.3) is 0 Å². The molecule has 1 aromatic rings. The van der Waals surface area contributed by atoms with Crippen molar-refractivity contribution >= 4 is 47.4 Å². The van der Waals surface area contributed by atoms with Crippen LogP contribution in [0.2, 0.25) is 0 Å². The Labute approximate surface area is 338 Å². The lowest BCUT2D eigenvalue weighted by atomic mass is 9.94. The van der Waals surface area contributed by atoms with Gasteiger partial charge < -0.3 is 52.6 Å². The highest BCUT2D eigenvalue weighted by molar-refractivity contribution is 6.00. The lowest BCUT2D eigenvalue weighted by molar-refractivity contribution is -0.146. The van der Waals surface area contributed by atoms with Crippen LogP contribution in [0.1, 0.15) is 65.9 Å². The second-order valence-corrected chi connectivity index (χ2v) is 14.2. The van der Waals surface area contributed by atoms with Crippen LogP contribution < -0.4 is 37.6 Å². The van der Waals surface area contributed by atoms with Crippen molar-refractivity contribution in [1.29, 1.82) is 5.41 Å². The Balaban J connectivity index is 2.59. The average molecular weight is 811 g/mol. The number of hydrogen-bond donors (Lipinski definition) is 10. The molecule has 8 atom stereocenters. The number of benzene rings is 1. The minimum Gasteiger partial charge on any atom is -0.480 e. The monoisotopic (exact) mass is 810 g/mol. The van der Waals surface area contributed by atoms with Crippen LogP contribution in [0.4, 0.5) is 0 Å². The fourth-order valence-electron chi connectivity index (χ4n) is 6.11. The number of nitrogens with two attached hydrogens (primary N) is 1. The van der Waals surface area contributed by atoms with Crippen molar-refractivity contribution < 1.29 is 48.5 Å². The van der Waals surface area contributed by atoms with Crippen LogP contribution in [0.5, 0.6) is 0 Å². The standard InChI is InChI=1S/C40H58N8O10/c1-7-27-36(52)48-33(39(56)57)25(5)35(51)46-29(14-11-19-43-40(41)42)37(53)45-28(24(4)34(50)47-30(38(54)55)17-18-32(49)44-27)16-15-22(2)20-23(3)31(58-6)21-26-12-9-8-10-13-26/h7-10,12-13,15-16,20,23-25,28-31,33H,11,14,17-19,21H2,1-6H3,(H,44,49)(H,45,53)(H,46,51)(H,47,50)(H,48,52)(H,54,55)(H,56,57)(H4,41,42,43)/b16-15+,22-20+,27-7+/t23-,24-,25-,28-,29-,30+,31-,33+/m0/s1. The molecular formula is C40H58N8O10. The molecule has 0 saturated carbocycles. The Morgan fingerprint density at radius 1 is 0.983 bits per heavy atom. The molecule has 0 radical (unpaired) electrons. The van der Waals surface area contributed by atoms with Crippen LogP contribution in [0.3, 0.4) is 0 Å². The van der Waals surface area contributed by atoms with E-state index in [2.05, 4.69) is 31.9 Å². The number of hydrogen-bond acceptors (Lipinski definition) is 9. The number of ether oxygens (including phenoxy) is 1. The summed E-state index contributed by atoms with van der Waals surface area (Å²) >= 11 is 0. The first-order valence-electron chi connectivity index (χ1n) is 19.0. The average Bonchev–Trinajstić information content (AvgIpc) is 3.17. The molecule has 2 rings (SSSR count). The van der Waals surface area contributed by atoms with Crippen molar-refractivity contribution in [1.82, 2.24) is 31.9 Å². The highest BCUT2D eigenvalue weighted by Gasteiger charge is 2.36. The van der Waals surface area contributed by atoms with Gasteiger partial charge >= 0.3 is 11.9 Å². The molecule has 318 valence electrons. The van der Waals surface area contributed by atoms with E-state index in [1.165, 1.54) is 26.8 Å². The first kappa shape index (κ1) is 48.1. The van der Waals surface area contributed by atoms with Gasteiger partial charge in [0, 0.05) is 26.0 Å². The zero-order chi connectivity index (χ0) is 43.5. The molecule has 0 spiro atoms. The van der Waals surface area contributed by atoms with Crippen molar-refractivity contribution in [2.75, 3.05) is 13.7 Å². The maximum Gasteiger partial charge on any atom is 0.327 e. The maximum absolute atomic E-state index is 14.0. The van der Waals surface area contributed by atoms with Gasteiger partial charge in [-0.3, -0.25) is 29.4 Å². The Morgan fingerprint density at radius 3 is 2.22 bits per heavy atom. The summed E-state index contributed by atoms with van der Waals surface area (Å²) in [5.41, 5.74) is 6.89. The summed E-state index contributed by atoms with van der Waals surface area (Å²) in [7, 11) is 1.63. The third kappa shape index (κ3) is 15.8. The predicted octanol–water partition coefficient (Wildman–Crippen LogP) is 0.840. The number of methoxy groups -OCH3 is 1. The Morgan fingerprint density at radius 2 is 1.64 bits per heavy atom. The second kappa shape index (κ2) is 23.9. The van der Waals surface area contributed by atoms with E-state index in [-0.39, 0.29) is 49.5 Å². The number of allylic oxidation sites excluding steroid dienone is 3. The minimum atomic E-state index is -1.80. The van der Waals surface area contributed by atoms with Gasteiger partial charge in [-0.1, -0.05) is 81.0 Å². The largest absolute Gasteiger partial charge is 0.480 e. The lowest BCUT2D eigenvalue weighted by Crippen LogP contribution is -2.56. The topological polar surface area (TPSA) is 291 Å². The van der Waals surface area contributed by atoms with E-state index in [1.807, 2.05) is 50.3 Å². The lowest BCUT2D eigenvalue weighted by Gasteiger charge is -2.28. The quantitative estimate of drug-likeness (QED) is 0.0436. The molecule has 0 bridgehead atoms. The molecular weight excluding hydrogens is 752 g/mol. The van der Waals surface area contributed by atoms with Crippen LogP contribution in [0, 0.1) is 23.2 Å². The zero-order valence-corrected chi connectivity index (χ0v) is 33.8. The zero-order valence-electron chi connectivity index (χ0n) is 33.8. The number of amides is 5. The van der Waals surface area contributed by atoms with Crippen molar-refractivity contribution in [3.05, 3.63) is 71.5 Å². The summed E-state index contributed by atoms with van der Waals surface area (Å²) in [4.78, 5) is 91.7. The molecule has 0 aliphatic carbocycles. The highest BCUT2D eigenvalue weighted by atomic mass is 16.5. The number of nitrogens with one attached hydrogen (secondary N) is 7. The highest BCUT2D eigenvalue weighted by Crippen LogP contribution is 2.18. The molecule has 0 aromatic heterocycles. The van der Waals surface area contributed by atoms with Gasteiger partial charge in [-0.05, 0) is 45.1 Å². The van der Waals surface area contributed by atoms with Crippen molar-refractivity contribution in [3.8, 4) is 0 Å². The molecule has 11 N–H and O–H groups in total. The van der Waals surface area contributed by atoms with E-state index >= 15 is 0 Å². The molecule has 18 nitrogen and oxygen atoms in total. The molecule has 1 fully saturated rings. The minimum absolute atomic E-state index is 0.0300. The molecule has 0 unspecified atom stereocenters. The molecule has 5 amide bonds. The number of rotatable bonds is 13. The Bertz CT molecular complexity index is 1730. The van der Waals surface area contributed by atoms with Gasteiger partial charge in [0.15, 0.2) is 5.96 Å². The van der Waals surface area contributed by atoms with Crippen LogP contribution in [-0.2, 0) is 44.7 Å². The molecule has 1 aliphatic heterocycles. The van der Waals surface area contributed by atoms with Crippen LogP contribution in [-0.4, -0.2) is 102 Å². The van der Waals surface area contributed by atoms with Gasteiger partial charge in [-0.25, -0.2) is 9.59 Å². The summed E-state index contributed by atoms with van der Waals surface area (Å²) in [6.45, 7) is 8.07. The van der Waals surface area contributed by atoms with Gasteiger partial charge in [-0.2, -0.15) is 0 Å². The van der Waals surface area contributed by atoms with Crippen LogP contribution in [0.15, 0.2) is 65.9 Å². The number of carbonyl (C=O) groups excluding carboxylic acids is 5. The first-order chi connectivity index (χ1) is 27.4. The predicted molar refractivity (Wildman–Crippen MR) is 215 cm³/mol. The fraction of sp³-hybridized carbons (Fsp3) is 0.500. The van der Waals surface area contributed by atoms with E-state index in [1.54, 1.807) is 19.3 Å². The van der Waals surface area contributed by atoms with Crippen molar-refractivity contribution in [3.63, 3.8) is 0 Å². The molecule has 18 heteroatoms. The van der Waals surface area contributed by atoms with E-state index in [0.29, 0.717) is 6.42 Å². The van der Waals surface area contributed by atoms with E-state index in [4.69, 9.17) is 15.9 Å².